The van der Waals surface area contributed by atoms with Crippen LogP contribution in [0.1, 0.15) is 24.0 Å². The Bertz CT molecular complexity index is 449. The molecule has 1 saturated heterocycles. The largest absolute Gasteiger partial charge is 0.393 e. The fourth-order valence-electron chi connectivity index (χ4n) is 3.45. The highest BCUT2D eigenvalue weighted by Gasteiger charge is 2.42. The Morgan fingerprint density at radius 3 is 2.89 bits per heavy atom. The number of aromatic nitrogens is 1. The second-order valence-corrected chi connectivity index (χ2v) is 5.62. The first kappa shape index (κ1) is 11.9. The van der Waals surface area contributed by atoms with Gasteiger partial charge in [-0.1, -0.05) is 0 Å². The zero-order valence-electron chi connectivity index (χ0n) is 10.7. The monoisotopic (exact) mass is 248 g/mol. The first-order valence-corrected chi connectivity index (χ1v) is 6.68. The molecule has 3 atom stereocenters. The van der Waals surface area contributed by atoms with Gasteiger partial charge in [0, 0.05) is 25.2 Å². The summed E-state index contributed by atoms with van der Waals surface area (Å²) in [6.07, 6.45) is 3.71. The molecule has 0 aromatic carbocycles. The Balaban J connectivity index is 1.80. The minimum Gasteiger partial charge on any atom is -0.393 e. The molecular formula is C14H20N2O2. The van der Waals surface area contributed by atoms with Crippen molar-refractivity contribution >= 4 is 5.82 Å². The predicted octanol–water partition coefficient (Wildman–Crippen LogP) is 1.09. The molecular weight excluding hydrogens is 228 g/mol. The molecule has 2 heterocycles. The van der Waals surface area contributed by atoms with E-state index in [1.54, 1.807) is 6.20 Å². The van der Waals surface area contributed by atoms with Crippen LogP contribution in [0.25, 0.3) is 0 Å². The number of hydrogen-bond donors (Lipinski definition) is 2. The molecule has 1 saturated carbocycles. The van der Waals surface area contributed by atoms with Crippen LogP contribution < -0.4 is 4.90 Å². The van der Waals surface area contributed by atoms with Crippen LogP contribution in [-0.2, 0) is 6.61 Å². The summed E-state index contributed by atoms with van der Waals surface area (Å²) in [5.74, 6) is 2.05. The standard InChI is InChI=1S/C14H20N2O2/c1-9-4-10(8-17)5-15-14(9)16-6-11-2-3-13(18)12(11)7-16/h4-5,11-13,17-18H,2-3,6-8H2,1H3. The molecule has 0 spiro atoms. The lowest BCUT2D eigenvalue weighted by atomic mass is 10.00. The van der Waals surface area contributed by atoms with Gasteiger partial charge in [-0.3, -0.25) is 0 Å². The molecule has 2 N–H and O–H groups in total. The fourth-order valence-corrected chi connectivity index (χ4v) is 3.45. The minimum atomic E-state index is -0.128. The van der Waals surface area contributed by atoms with Crippen LogP contribution in [0.5, 0.6) is 0 Å². The topological polar surface area (TPSA) is 56.6 Å². The molecule has 4 heteroatoms. The first-order valence-electron chi connectivity index (χ1n) is 6.68. The second kappa shape index (κ2) is 4.52. The Morgan fingerprint density at radius 1 is 1.39 bits per heavy atom. The highest BCUT2D eigenvalue weighted by molar-refractivity contribution is 5.48. The van der Waals surface area contributed by atoms with Crippen molar-refractivity contribution in [1.29, 1.82) is 0 Å². The van der Waals surface area contributed by atoms with Crippen LogP contribution in [0, 0.1) is 18.8 Å². The number of pyridine rings is 1. The maximum absolute atomic E-state index is 9.94. The van der Waals surface area contributed by atoms with Crippen molar-refractivity contribution in [3.63, 3.8) is 0 Å². The summed E-state index contributed by atoms with van der Waals surface area (Å²) in [5, 5.41) is 19.0. The zero-order chi connectivity index (χ0) is 12.7. The lowest BCUT2D eigenvalue weighted by molar-refractivity contribution is 0.133. The van der Waals surface area contributed by atoms with Gasteiger partial charge < -0.3 is 15.1 Å². The number of nitrogens with zero attached hydrogens (tertiary/aromatic N) is 2. The molecule has 1 aliphatic carbocycles. The van der Waals surface area contributed by atoms with Crippen LogP contribution in [-0.4, -0.2) is 34.4 Å². The smallest absolute Gasteiger partial charge is 0.131 e. The van der Waals surface area contributed by atoms with Crippen molar-refractivity contribution in [2.24, 2.45) is 11.8 Å². The van der Waals surface area contributed by atoms with Crippen LogP contribution in [0.4, 0.5) is 5.82 Å². The molecule has 0 bridgehead atoms. The molecule has 1 aromatic rings. The van der Waals surface area contributed by atoms with Crippen molar-refractivity contribution < 1.29 is 10.2 Å². The van der Waals surface area contributed by atoms with Gasteiger partial charge in [0.2, 0.25) is 0 Å². The van der Waals surface area contributed by atoms with E-state index in [1.165, 1.54) is 0 Å². The highest BCUT2D eigenvalue weighted by Crippen LogP contribution is 2.39. The van der Waals surface area contributed by atoms with Crippen molar-refractivity contribution in [1.82, 2.24) is 4.98 Å². The molecule has 2 aliphatic rings. The van der Waals surface area contributed by atoms with E-state index in [0.717, 1.165) is 42.9 Å². The molecule has 0 radical (unpaired) electrons. The Hall–Kier alpha value is -1.13. The van der Waals surface area contributed by atoms with Crippen LogP contribution >= 0.6 is 0 Å². The predicted molar refractivity (Wildman–Crippen MR) is 69.3 cm³/mol. The molecule has 3 unspecified atom stereocenters. The van der Waals surface area contributed by atoms with Gasteiger partial charge in [-0.2, -0.15) is 0 Å². The van der Waals surface area contributed by atoms with Crippen LogP contribution in [0.15, 0.2) is 12.3 Å². The summed E-state index contributed by atoms with van der Waals surface area (Å²) in [6, 6.07) is 1.99. The van der Waals surface area contributed by atoms with E-state index < -0.39 is 0 Å². The number of aliphatic hydroxyl groups is 2. The van der Waals surface area contributed by atoms with Crippen molar-refractivity contribution in [2.45, 2.75) is 32.5 Å². The van der Waals surface area contributed by atoms with Crippen molar-refractivity contribution in [2.75, 3.05) is 18.0 Å². The number of rotatable bonds is 2. The quantitative estimate of drug-likeness (QED) is 0.822. The summed E-state index contributed by atoms with van der Waals surface area (Å²) < 4.78 is 0. The molecule has 2 fully saturated rings. The molecule has 0 amide bonds. The zero-order valence-corrected chi connectivity index (χ0v) is 10.7. The maximum Gasteiger partial charge on any atom is 0.131 e. The molecule has 3 rings (SSSR count). The average Bonchev–Trinajstić information content (AvgIpc) is 2.92. The average molecular weight is 248 g/mol. The van der Waals surface area contributed by atoms with Gasteiger partial charge in [-0.25, -0.2) is 4.98 Å². The molecule has 1 aromatic heterocycles. The first-order chi connectivity index (χ1) is 8.69. The Kier molecular flexibility index (Phi) is 2.99. The van der Waals surface area contributed by atoms with Crippen molar-refractivity contribution in [3.8, 4) is 0 Å². The minimum absolute atomic E-state index is 0.0398. The number of aryl methyl sites for hydroxylation is 1. The van der Waals surface area contributed by atoms with E-state index >= 15 is 0 Å². The van der Waals surface area contributed by atoms with E-state index in [1.807, 2.05) is 13.0 Å². The Labute approximate surface area is 107 Å². The molecule has 1 aliphatic heterocycles. The van der Waals surface area contributed by atoms with Gasteiger partial charge in [-0.15, -0.1) is 0 Å². The third-order valence-corrected chi connectivity index (χ3v) is 4.41. The third kappa shape index (κ3) is 1.89. The van der Waals surface area contributed by atoms with Gasteiger partial charge in [0.15, 0.2) is 0 Å². The normalized spacial score (nSPS) is 30.8. The molecule has 98 valence electrons. The lowest BCUT2D eigenvalue weighted by Crippen LogP contribution is -2.25. The van der Waals surface area contributed by atoms with E-state index in [-0.39, 0.29) is 12.7 Å². The molecule has 4 nitrogen and oxygen atoms in total. The number of anilines is 1. The lowest BCUT2D eigenvalue weighted by Gasteiger charge is -2.21. The summed E-state index contributed by atoms with van der Waals surface area (Å²) in [7, 11) is 0. The van der Waals surface area contributed by atoms with Gasteiger partial charge in [0.1, 0.15) is 5.82 Å². The summed E-state index contributed by atoms with van der Waals surface area (Å²) in [5.41, 5.74) is 1.96. The van der Waals surface area contributed by atoms with Gasteiger partial charge in [0.05, 0.1) is 12.7 Å². The van der Waals surface area contributed by atoms with E-state index in [9.17, 15) is 5.11 Å². The van der Waals surface area contributed by atoms with Gasteiger partial charge in [0.25, 0.3) is 0 Å². The maximum atomic E-state index is 9.94. The number of hydrogen-bond acceptors (Lipinski definition) is 4. The fraction of sp³-hybridized carbons (Fsp3) is 0.643. The van der Waals surface area contributed by atoms with Gasteiger partial charge in [-0.05, 0) is 42.9 Å². The second-order valence-electron chi connectivity index (χ2n) is 5.62. The SMILES string of the molecule is Cc1cc(CO)cnc1N1CC2CCC(O)C2C1. The van der Waals surface area contributed by atoms with E-state index in [0.29, 0.717) is 11.8 Å². The van der Waals surface area contributed by atoms with Crippen molar-refractivity contribution in [3.05, 3.63) is 23.4 Å². The Morgan fingerprint density at radius 2 is 2.22 bits per heavy atom. The number of fused-ring (bicyclic) bond motifs is 1. The number of aliphatic hydroxyl groups excluding tert-OH is 2. The third-order valence-electron chi connectivity index (χ3n) is 4.41. The summed E-state index contributed by atoms with van der Waals surface area (Å²) >= 11 is 0. The summed E-state index contributed by atoms with van der Waals surface area (Å²) in [6.45, 7) is 4.00. The van der Waals surface area contributed by atoms with Crippen LogP contribution in [0.3, 0.4) is 0 Å². The van der Waals surface area contributed by atoms with E-state index in [4.69, 9.17) is 5.11 Å². The highest BCUT2D eigenvalue weighted by atomic mass is 16.3. The summed E-state index contributed by atoms with van der Waals surface area (Å²) in [4.78, 5) is 6.75. The molecule has 18 heavy (non-hydrogen) atoms. The van der Waals surface area contributed by atoms with Gasteiger partial charge >= 0.3 is 0 Å². The van der Waals surface area contributed by atoms with E-state index in [2.05, 4.69) is 9.88 Å². The van der Waals surface area contributed by atoms with Crippen LogP contribution in [0.2, 0.25) is 0 Å².